The van der Waals surface area contributed by atoms with Gasteiger partial charge < -0.3 is 5.73 Å². The van der Waals surface area contributed by atoms with Gasteiger partial charge in [0.1, 0.15) is 5.82 Å². The Hall–Kier alpha value is -5.00. The highest BCUT2D eigenvalue weighted by atomic mass is 16.2. The van der Waals surface area contributed by atoms with Gasteiger partial charge in [0.05, 0.1) is 17.8 Å². The number of hydrazine groups is 1. The molecule has 1 amide bonds. The smallest absolute Gasteiger partial charge is 0.272 e. The van der Waals surface area contributed by atoms with Gasteiger partial charge >= 0.3 is 0 Å². The van der Waals surface area contributed by atoms with E-state index in [2.05, 4.69) is 40.6 Å². The number of anilines is 2. The van der Waals surface area contributed by atoms with Crippen LogP contribution in [0, 0.1) is 6.92 Å². The van der Waals surface area contributed by atoms with E-state index in [1.54, 1.807) is 54.9 Å². The third-order valence-corrected chi connectivity index (χ3v) is 5.47. The number of fused-ring (bicyclic) bond motifs is 1. The van der Waals surface area contributed by atoms with Gasteiger partial charge in [-0.25, -0.2) is 20.0 Å². The van der Waals surface area contributed by atoms with Gasteiger partial charge in [0, 0.05) is 42.2 Å². The highest BCUT2D eigenvalue weighted by molar-refractivity contribution is 5.98. The van der Waals surface area contributed by atoms with Crippen molar-refractivity contribution in [1.29, 1.82) is 0 Å². The number of aromatic nitrogens is 8. The number of tetrazole rings is 1. The molecule has 12 heteroatoms. The lowest BCUT2D eigenvalue weighted by atomic mass is 10.1. The minimum atomic E-state index is -0.250. The van der Waals surface area contributed by atoms with Gasteiger partial charge in [-0.2, -0.15) is 5.21 Å². The van der Waals surface area contributed by atoms with Gasteiger partial charge in [0.25, 0.3) is 5.91 Å². The minimum absolute atomic E-state index is 0.178. The molecule has 0 bridgehead atoms. The summed E-state index contributed by atoms with van der Waals surface area (Å²) in [6, 6.07) is 12.6. The van der Waals surface area contributed by atoms with Crippen LogP contribution in [0.3, 0.4) is 0 Å². The standard InChI is InChI=1S/C23H21N11O/c1-14-10-17-11-15(5-7-19(17)28-20(14)24)22(35)34(33(2)23-25-8-3-9-26-23)13-18-6-4-16(12-27-18)21-29-31-32-30-21/h3-12H,13H2,1-2H3,(H2,24,28)(H,29,30,31,32). The number of carbonyl (C=O) groups excluding carboxylic acids is 1. The fraction of sp³-hybridized carbons (Fsp3) is 0.130. The SMILES string of the molecule is Cc1cc2cc(C(=O)N(Cc3ccc(-c4nn[nH]n4)cn3)N(C)c3ncccn3)ccc2nc1N. The van der Waals surface area contributed by atoms with Gasteiger partial charge in [0.15, 0.2) is 0 Å². The number of nitrogen functional groups attached to an aromatic ring is 1. The van der Waals surface area contributed by atoms with E-state index in [1.807, 2.05) is 25.1 Å². The summed E-state index contributed by atoms with van der Waals surface area (Å²) in [4.78, 5) is 31.2. The molecule has 0 spiro atoms. The number of rotatable bonds is 6. The second-order valence-electron chi connectivity index (χ2n) is 7.81. The second-order valence-corrected chi connectivity index (χ2v) is 7.81. The van der Waals surface area contributed by atoms with Crippen molar-refractivity contribution >= 4 is 28.6 Å². The van der Waals surface area contributed by atoms with E-state index in [0.717, 1.165) is 16.5 Å². The molecule has 0 atom stereocenters. The Morgan fingerprint density at radius 1 is 1.09 bits per heavy atom. The molecular weight excluding hydrogens is 446 g/mol. The summed E-state index contributed by atoms with van der Waals surface area (Å²) in [5, 5.41) is 17.9. The van der Waals surface area contributed by atoms with E-state index in [1.165, 1.54) is 5.01 Å². The molecule has 3 N–H and O–H groups in total. The number of hydrogen-bond donors (Lipinski definition) is 2. The highest BCUT2D eigenvalue weighted by Crippen LogP contribution is 2.22. The Kier molecular flexibility index (Phi) is 5.67. The Balaban J connectivity index is 1.49. The molecule has 0 radical (unpaired) electrons. The molecule has 0 aliphatic carbocycles. The molecule has 35 heavy (non-hydrogen) atoms. The molecule has 0 saturated heterocycles. The number of hydrogen-bond acceptors (Lipinski definition) is 10. The number of amides is 1. The maximum Gasteiger partial charge on any atom is 0.272 e. The van der Waals surface area contributed by atoms with Gasteiger partial charge in [-0.3, -0.25) is 14.8 Å². The Morgan fingerprint density at radius 3 is 2.63 bits per heavy atom. The third kappa shape index (κ3) is 4.44. The summed E-state index contributed by atoms with van der Waals surface area (Å²) in [5.41, 5.74) is 9.34. The first-order valence-electron chi connectivity index (χ1n) is 10.7. The summed E-state index contributed by atoms with van der Waals surface area (Å²) in [7, 11) is 1.73. The average Bonchev–Trinajstić information content (AvgIpc) is 3.43. The zero-order valence-corrected chi connectivity index (χ0v) is 19.0. The van der Waals surface area contributed by atoms with Crippen molar-refractivity contribution in [2.45, 2.75) is 13.5 Å². The molecular formula is C23H21N11O. The number of aromatic amines is 1. The van der Waals surface area contributed by atoms with Crippen molar-refractivity contribution in [3.63, 3.8) is 0 Å². The number of nitrogens with two attached hydrogens (primary N) is 1. The summed E-state index contributed by atoms with van der Waals surface area (Å²) in [5.74, 6) is 1.03. The molecule has 12 nitrogen and oxygen atoms in total. The van der Waals surface area contributed by atoms with E-state index < -0.39 is 0 Å². The molecule has 0 saturated carbocycles. The number of carbonyl (C=O) groups is 1. The minimum Gasteiger partial charge on any atom is -0.383 e. The van der Waals surface area contributed by atoms with Crippen LogP contribution in [0.2, 0.25) is 0 Å². The van der Waals surface area contributed by atoms with Crippen LogP contribution < -0.4 is 10.7 Å². The first-order valence-corrected chi connectivity index (χ1v) is 10.7. The first kappa shape index (κ1) is 21.8. The first-order chi connectivity index (χ1) is 17.0. The molecule has 174 valence electrons. The van der Waals surface area contributed by atoms with Crippen molar-refractivity contribution in [1.82, 2.24) is 45.6 Å². The van der Waals surface area contributed by atoms with Crippen molar-refractivity contribution in [2.75, 3.05) is 17.8 Å². The van der Waals surface area contributed by atoms with E-state index in [0.29, 0.717) is 34.4 Å². The lowest BCUT2D eigenvalue weighted by molar-refractivity contribution is 0.0727. The summed E-state index contributed by atoms with van der Waals surface area (Å²) < 4.78 is 0. The Bertz CT molecular complexity index is 1470. The molecule has 0 unspecified atom stereocenters. The molecule has 0 fully saturated rings. The number of benzene rings is 1. The fourth-order valence-corrected chi connectivity index (χ4v) is 3.55. The van der Waals surface area contributed by atoms with Crippen LogP contribution >= 0.6 is 0 Å². The van der Waals surface area contributed by atoms with Crippen LogP contribution in [-0.2, 0) is 6.54 Å². The maximum atomic E-state index is 13.7. The molecule has 1 aromatic carbocycles. The fourth-order valence-electron chi connectivity index (χ4n) is 3.55. The van der Waals surface area contributed by atoms with Gasteiger partial charge in [0.2, 0.25) is 11.8 Å². The van der Waals surface area contributed by atoms with Crippen LogP contribution in [0.5, 0.6) is 0 Å². The average molecular weight is 467 g/mol. The molecule has 5 rings (SSSR count). The monoisotopic (exact) mass is 467 g/mol. The zero-order valence-electron chi connectivity index (χ0n) is 19.0. The van der Waals surface area contributed by atoms with E-state index >= 15 is 0 Å². The van der Waals surface area contributed by atoms with Crippen molar-refractivity contribution in [3.05, 3.63) is 77.9 Å². The summed E-state index contributed by atoms with van der Waals surface area (Å²) in [6.07, 6.45) is 4.87. The number of H-pyrrole nitrogens is 1. The molecule has 5 aromatic rings. The van der Waals surface area contributed by atoms with Crippen molar-refractivity contribution in [3.8, 4) is 11.4 Å². The van der Waals surface area contributed by atoms with Crippen LogP contribution in [0.1, 0.15) is 21.6 Å². The molecule has 4 heterocycles. The largest absolute Gasteiger partial charge is 0.383 e. The quantitative estimate of drug-likeness (QED) is 0.355. The van der Waals surface area contributed by atoms with E-state index in [9.17, 15) is 4.79 Å². The van der Waals surface area contributed by atoms with Crippen LogP contribution in [0.25, 0.3) is 22.3 Å². The second kappa shape index (κ2) is 9.09. The van der Waals surface area contributed by atoms with Crippen molar-refractivity contribution < 1.29 is 4.79 Å². The van der Waals surface area contributed by atoms with Gasteiger partial charge in [-0.15, -0.1) is 10.2 Å². The predicted molar refractivity (Wildman–Crippen MR) is 129 cm³/mol. The number of nitrogens with one attached hydrogen (secondary N) is 1. The Morgan fingerprint density at radius 2 is 1.91 bits per heavy atom. The summed E-state index contributed by atoms with van der Waals surface area (Å²) >= 11 is 0. The van der Waals surface area contributed by atoms with Gasteiger partial charge in [-0.1, -0.05) is 0 Å². The lowest BCUT2D eigenvalue weighted by Crippen LogP contribution is -2.45. The topological polar surface area (TPSA) is 156 Å². The molecule has 0 aliphatic rings. The third-order valence-electron chi connectivity index (χ3n) is 5.47. The van der Waals surface area contributed by atoms with Crippen LogP contribution in [-0.4, -0.2) is 58.5 Å². The number of nitrogens with zero attached hydrogens (tertiary/aromatic N) is 9. The van der Waals surface area contributed by atoms with Gasteiger partial charge in [-0.05, 0) is 60.2 Å². The summed E-state index contributed by atoms with van der Waals surface area (Å²) in [6.45, 7) is 2.06. The Labute approximate surface area is 199 Å². The van der Waals surface area contributed by atoms with E-state index in [4.69, 9.17) is 5.73 Å². The zero-order chi connectivity index (χ0) is 24.4. The lowest BCUT2D eigenvalue weighted by Gasteiger charge is -2.31. The number of aryl methyl sites for hydroxylation is 1. The highest BCUT2D eigenvalue weighted by Gasteiger charge is 2.24. The van der Waals surface area contributed by atoms with Crippen LogP contribution in [0.15, 0.2) is 61.1 Å². The maximum absolute atomic E-state index is 13.7. The van der Waals surface area contributed by atoms with Crippen LogP contribution in [0.4, 0.5) is 11.8 Å². The normalized spacial score (nSPS) is 10.9. The van der Waals surface area contributed by atoms with E-state index in [-0.39, 0.29) is 12.5 Å². The molecule has 4 aromatic heterocycles. The van der Waals surface area contributed by atoms with Crippen molar-refractivity contribution in [2.24, 2.45) is 0 Å². The number of pyridine rings is 2. The molecule has 0 aliphatic heterocycles. The predicted octanol–water partition coefficient (Wildman–Crippen LogP) is 2.18.